The molecule has 1 aliphatic heterocycles. The Kier molecular flexibility index (Phi) is 5.65. The lowest BCUT2D eigenvalue weighted by molar-refractivity contribution is 0.310. The van der Waals surface area contributed by atoms with E-state index in [0.717, 1.165) is 37.4 Å². The molecule has 0 radical (unpaired) electrons. The Morgan fingerprint density at radius 2 is 2.05 bits per heavy atom. The molecule has 1 aromatic carbocycles. The molecule has 1 aliphatic carbocycles. The van der Waals surface area contributed by atoms with Gasteiger partial charge in [-0.3, -0.25) is 4.99 Å². The van der Waals surface area contributed by atoms with Crippen LogP contribution in [0.15, 0.2) is 40.2 Å². The zero-order valence-corrected chi connectivity index (χ0v) is 14.3. The lowest BCUT2D eigenvalue weighted by Crippen LogP contribution is -2.43. The third-order valence-corrected chi connectivity index (χ3v) is 6.04. The summed E-state index contributed by atoms with van der Waals surface area (Å²) in [5, 5.41) is 3.58. The van der Waals surface area contributed by atoms with Gasteiger partial charge < -0.3 is 10.2 Å². The van der Waals surface area contributed by atoms with Gasteiger partial charge in [-0.2, -0.15) is 0 Å². The third kappa shape index (κ3) is 4.19. The average Bonchev–Trinajstić information content (AvgIpc) is 2.97. The Morgan fingerprint density at radius 3 is 2.73 bits per heavy atom. The Balaban J connectivity index is 1.42. The first kappa shape index (κ1) is 15.7. The van der Waals surface area contributed by atoms with Gasteiger partial charge in [0.15, 0.2) is 5.96 Å². The van der Waals surface area contributed by atoms with Gasteiger partial charge in [-0.05, 0) is 43.2 Å². The molecular weight excluding hydrogens is 290 g/mol. The molecule has 120 valence electrons. The zero-order chi connectivity index (χ0) is 15.2. The molecule has 2 aliphatic rings. The lowest BCUT2D eigenvalue weighted by atomic mass is 9.85. The van der Waals surface area contributed by atoms with Crippen molar-refractivity contribution in [1.82, 2.24) is 10.2 Å². The summed E-state index contributed by atoms with van der Waals surface area (Å²) in [6.45, 7) is 3.39. The summed E-state index contributed by atoms with van der Waals surface area (Å²) in [6.07, 6.45) is 5.47. The van der Waals surface area contributed by atoms with E-state index in [2.05, 4.69) is 45.5 Å². The van der Waals surface area contributed by atoms with Gasteiger partial charge in [0.05, 0.1) is 0 Å². The van der Waals surface area contributed by atoms with E-state index < -0.39 is 0 Å². The molecule has 22 heavy (non-hydrogen) atoms. The van der Waals surface area contributed by atoms with Crippen LogP contribution in [0.2, 0.25) is 0 Å². The number of aliphatic imine (C=N–C) groups is 1. The number of thioether (sulfide) groups is 1. The van der Waals surface area contributed by atoms with Crippen LogP contribution >= 0.6 is 11.8 Å². The molecule has 4 heteroatoms. The maximum Gasteiger partial charge on any atom is 0.193 e. The SMILES string of the molecule is CN=C(NCC1CCC1)N1CCC(CSc2ccccc2)C1. The fraction of sp³-hybridized carbons (Fsp3) is 0.611. The molecule has 2 fully saturated rings. The van der Waals surface area contributed by atoms with Crippen molar-refractivity contribution in [3.8, 4) is 0 Å². The molecule has 1 atom stereocenters. The summed E-state index contributed by atoms with van der Waals surface area (Å²) in [5.74, 6) is 3.97. The van der Waals surface area contributed by atoms with E-state index >= 15 is 0 Å². The molecule has 0 aromatic heterocycles. The number of hydrogen-bond acceptors (Lipinski definition) is 2. The number of benzene rings is 1. The molecule has 1 saturated heterocycles. The van der Waals surface area contributed by atoms with Crippen LogP contribution < -0.4 is 5.32 Å². The molecule has 0 bridgehead atoms. The summed E-state index contributed by atoms with van der Waals surface area (Å²) >= 11 is 1.98. The summed E-state index contributed by atoms with van der Waals surface area (Å²) in [7, 11) is 1.91. The van der Waals surface area contributed by atoms with Crippen LogP contribution in [0.4, 0.5) is 0 Å². The number of nitrogens with zero attached hydrogens (tertiary/aromatic N) is 2. The van der Waals surface area contributed by atoms with E-state index in [9.17, 15) is 0 Å². The molecule has 3 nitrogen and oxygen atoms in total. The first-order chi connectivity index (χ1) is 10.8. The van der Waals surface area contributed by atoms with Crippen molar-refractivity contribution in [2.75, 3.05) is 32.4 Å². The monoisotopic (exact) mass is 317 g/mol. The predicted molar refractivity (Wildman–Crippen MR) is 95.5 cm³/mol. The fourth-order valence-corrected chi connectivity index (χ4v) is 4.21. The number of rotatable bonds is 5. The predicted octanol–water partition coefficient (Wildman–Crippen LogP) is 3.48. The second-order valence-electron chi connectivity index (χ2n) is 6.45. The maximum atomic E-state index is 4.48. The number of guanidine groups is 1. The molecule has 3 rings (SSSR count). The van der Waals surface area contributed by atoms with Gasteiger partial charge in [0, 0.05) is 37.3 Å². The highest BCUT2D eigenvalue weighted by molar-refractivity contribution is 7.99. The molecule has 1 saturated carbocycles. The first-order valence-corrected chi connectivity index (χ1v) is 9.47. The van der Waals surface area contributed by atoms with Crippen molar-refractivity contribution in [3.63, 3.8) is 0 Å². The van der Waals surface area contributed by atoms with Crippen molar-refractivity contribution in [3.05, 3.63) is 30.3 Å². The van der Waals surface area contributed by atoms with E-state index in [1.165, 1.54) is 36.3 Å². The largest absolute Gasteiger partial charge is 0.356 e. The van der Waals surface area contributed by atoms with Crippen LogP contribution in [-0.2, 0) is 0 Å². The van der Waals surface area contributed by atoms with Crippen LogP contribution in [0.1, 0.15) is 25.7 Å². The van der Waals surface area contributed by atoms with Gasteiger partial charge in [-0.15, -0.1) is 11.8 Å². The molecule has 1 heterocycles. The third-order valence-electron chi connectivity index (χ3n) is 4.80. The number of likely N-dealkylation sites (tertiary alicyclic amines) is 1. The van der Waals surface area contributed by atoms with E-state index in [1.54, 1.807) is 0 Å². The highest BCUT2D eigenvalue weighted by Crippen LogP contribution is 2.27. The van der Waals surface area contributed by atoms with Gasteiger partial charge in [-0.25, -0.2) is 0 Å². The number of hydrogen-bond donors (Lipinski definition) is 1. The van der Waals surface area contributed by atoms with Crippen LogP contribution in [0.5, 0.6) is 0 Å². The van der Waals surface area contributed by atoms with Crippen LogP contribution in [0, 0.1) is 11.8 Å². The van der Waals surface area contributed by atoms with E-state index in [0.29, 0.717) is 0 Å². The Hall–Kier alpha value is -1.16. The molecule has 0 spiro atoms. The van der Waals surface area contributed by atoms with E-state index in [4.69, 9.17) is 0 Å². The smallest absolute Gasteiger partial charge is 0.193 e. The molecule has 1 N–H and O–H groups in total. The molecule has 1 unspecified atom stereocenters. The quantitative estimate of drug-likeness (QED) is 0.512. The zero-order valence-electron chi connectivity index (χ0n) is 13.5. The standard InChI is InChI=1S/C18H27N3S/c1-19-18(20-12-15-6-5-7-15)21-11-10-16(13-21)14-22-17-8-3-2-4-9-17/h2-4,8-9,15-16H,5-7,10-14H2,1H3,(H,19,20). The molecule has 1 aromatic rings. The minimum Gasteiger partial charge on any atom is -0.356 e. The van der Waals surface area contributed by atoms with Crippen LogP contribution in [0.25, 0.3) is 0 Å². The van der Waals surface area contributed by atoms with Gasteiger partial charge in [0.25, 0.3) is 0 Å². The normalized spacial score (nSPS) is 22.7. The van der Waals surface area contributed by atoms with Crippen molar-refractivity contribution in [2.45, 2.75) is 30.6 Å². The van der Waals surface area contributed by atoms with Gasteiger partial charge in [-0.1, -0.05) is 24.6 Å². The van der Waals surface area contributed by atoms with Crippen molar-refractivity contribution >= 4 is 17.7 Å². The van der Waals surface area contributed by atoms with Crippen LogP contribution in [0.3, 0.4) is 0 Å². The van der Waals surface area contributed by atoms with Crippen molar-refractivity contribution in [2.24, 2.45) is 16.8 Å². The second-order valence-corrected chi connectivity index (χ2v) is 7.54. The van der Waals surface area contributed by atoms with Gasteiger partial charge in [0.1, 0.15) is 0 Å². The molecular formula is C18H27N3S. The topological polar surface area (TPSA) is 27.6 Å². The summed E-state index contributed by atoms with van der Waals surface area (Å²) in [6, 6.07) is 10.7. The van der Waals surface area contributed by atoms with E-state index in [-0.39, 0.29) is 0 Å². The van der Waals surface area contributed by atoms with Crippen molar-refractivity contribution in [1.29, 1.82) is 0 Å². The Morgan fingerprint density at radius 1 is 1.23 bits per heavy atom. The van der Waals surface area contributed by atoms with Crippen LogP contribution in [-0.4, -0.2) is 43.3 Å². The lowest BCUT2D eigenvalue weighted by Gasteiger charge is -2.28. The van der Waals surface area contributed by atoms with Gasteiger partial charge in [0.2, 0.25) is 0 Å². The highest BCUT2D eigenvalue weighted by atomic mass is 32.2. The maximum absolute atomic E-state index is 4.48. The number of nitrogens with one attached hydrogen (secondary N) is 1. The summed E-state index contributed by atoms with van der Waals surface area (Å²) in [4.78, 5) is 8.30. The Bertz CT molecular complexity index is 484. The average molecular weight is 318 g/mol. The Labute approximate surface area is 138 Å². The summed E-state index contributed by atoms with van der Waals surface area (Å²) < 4.78 is 0. The van der Waals surface area contributed by atoms with E-state index in [1.807, 2.05) is 18.8 Å². The molecule has 0 amide bonds. The fourth-order valence-electron chi connectivity index (χ4n) is 3.16. The first-order valence-electron chi connectivity index (χ1n) is 8.48. The summed E-state index contributed by atoms with van der Waals surface area (Å²) in [5.41, 5.74) is 0. The van der Waals surface area contributed by atoms with Crippen molar-refractivity contribution < 1.29 is 0 Å². The van der Waals surface area contributed by atoms with Gasteiger partial charge >= 0.3 is 0 Å². The highest BCUT2D eigenvalue weighted by Gasteiger charge is 2.26. The second kappa shape index (κ2) is 7.91. The minimum atomic E-state index is 0.771. The minimum absolute atomic E-state index is 0.771.